The third-order valence-corrected chi connectivity index (χ3v) is 11.8. The molecule has 4 nitrogen and oxygen atoms in total. The first-order chi connectivity index (χ1) is 18.2. The first-order valence-electron chi connectivity index (χ1n) is 13.0. The zero-order valence-electron chi connectivity index (χ0n) is 20.1. The van der Waals surface area contributed by atoms with Crippen molar-refractivity contribution in [3.63, 3.8) is 0 Å². The number of para-hydroxylation sites is 2. The minimum atomic E-state index is -0.684. The molecule has 1 aromatic heterocycles. The van der Waals surface area contributed by atoms with Gasteiger partial charge in [0.25, 0.3) is 0 Å². The van der Waals surface area contributed by atoms with Crippen LogP contribution in [0.3, 0.4) is 0 Å². The second-order valence-corrected chi connectivity index (χ2v) is 13.6. The normalized spacial score (nSPS) is 25.8. The molecule has 1 radical (unpaired) electrons. The Morgan fingerprint density at radius 1 is 0.838 bits per heavy atom. The van der Waals surface area contributed by atoms with Gasteiger partial charge >= 0.3 is 213 Å². The van der Waals surface area contributed by atoms with Crippen LogP contribution in [0.2, 0.25) is 0 Å². The van der Waals surface area contributed by atoms with Crippen LogP contribution >= 0.6 is 0 Å². The summed E-state index contributed by atoms with van der Waals surface area (Å²) in [6.07, 6.45) is 10.4. The first kappa shape index (κ1) is 21.8. The van der Waals surface area contributed by atoms with Gasteiger partial charge in [0.05, 0.1) is 0 Å². The van der Waals surface area contributed by atoms with Gasteiger partial charge in [0.15, 0.2) is 0 Å². The van der Waals surface area contributed by atoms with Gasteiger partial charge in [-0.05, 0) is 0 Å². The molecule has 3 heterocycles. The fourth-order valence-corrected chi connectivity index (χ4v) is 10.1. The number of ether oxygens (including phenoxy) is 1. The van der Waals surface area contributed by atoms with E-state index in [4.69, 9.17) is 4.74 Å². The van der Waals surface area contributed by atoms with E-state index >= 15 is 0 Å². The maximum absolute atomic E-state index is 13.7. The summed E-state index contributed by atoms with van der Waals surface area (Å²) in [5.41, 5.74) is 3.92. The van der Waals surface area contributed by atoms with Crippen LogP contribution in [0.15, 0.2) is 85.0 Å². The summed E-state index contributed by atoms with van der Waals surface area (Å²) >= 11 is -0.684. The summed E-state index contributed by atoms with van der Waals surface area (Å²) in [6, 6.07) is 21.3. The molecule has 5 heteroatoms. The molecule has 4 aromatic rings. The molecule has 0 spiro atoms. The van der Waals surface area contributed by atoms with Crippen molar-refractivity contribution in [1.82, 2.24) is 4.57 Å². The number of rotatable bonds is 1. The van der Waals surface area contributed by atoms with Crippen molar-refractivity contribution in [2.45, 2.75) is 31.4 Å². The molecule has 1 saturated carbocycles. The van der Waals surface area contributed by atoms with E-state index in [0.29, 0.717) is 11.3 Å². The Balaban J connectivity index is 1.18. The van der Waals surface area contributed by atoms with Gasteiger partial charge in [0, 0.05) is 0 Å². The molecular formula is C32H24NO3Te. The topological polar surface area (TPSA) is 48.3 Å². The first-order valence-corrected chi connectivity index (χ1v) is 15.3. The molecule has 4 aliphatic rings. The predicted molar refractivity (Wildman–Crippen MR) is 148 cm³/mol. The van der Waals surface area contributed by atoms with E-state index in [0.717, 1.165) is 28.4 Å². The number of nitrogens with zero attached hydrogens (tertiary/aromatic N) is 1. The maximum atomic E-state index is 13.7. The van der Waals surface area contributed by atoms with Gasteiger partial charge in [-0.25, -0.2) is 0 Å². The molecule has 37 heavy (non-hydrogen) atoms. The average Bonchev–Trinajstić information content (AvgIpc) is 3.27. The summed E-state index contributed by atoms with van der Waals surface area (Å²) in [7, 11) is 0. The molecule has 0 saturated heterocycles. The molecule has 0 bridgehead atoms. The number of hydrogen-bond donors (Lipinski definition) is 0. The van der Waals surface area contributed by atoms with Crippen LogP contribution in [0.5, 0.6) is 5.75 Å². The van der Waals surface area contributed by atoms with Crippen molar-refractivity contribution < 1.29 is 14.3 Å². The number of carbonyl (C=O) groups is 2. The Bertz CT molecular complexity index is 1700. The van der Waals surface area contributed by atoms with E-state index in [1.807, 2.05) is 30.4 Å². The molecule has 181 valence electrons. The minimum absolute atomic E-state index is 0.118. The molecule has 8 rings (SSSR count). The number of hydrogen-bond acceptors (Lipinski definition) is 3. The van der Waals surface area contributed by atoms with Gasteiger partial charge in [0.2, 0.25) is 0 Å². The molecule has 2 aliphatic heterocycles. The van der Waals surface area contributed by atoms with Gasteiger partial charge < -0.3 is 0 Å². The zero-order chi connectivity index (χ0) is 24.7. The summed E-state index contributed by atoms with van der Waals surface area (Å²) in [4.78, 5) is 27.1. The number of Topliss-reactive ketones (excluding diaryl/α,β-unsaturated/α-hetero) is 2. The van der Waals surface area contributed by atoms with E-state index in [1.54, 1.807) is 0 Å². The van der Waals surface area contributed by atoms with Crippen molar-refractivity contribution in [2.75, 3.05) is 0 Å². The zero-order valence-corrected chi connectivity index (χ0v) is 22.4. The third-order valence-electron chi connectivity index (χ3n) is 8.47. The number of ketones is 2. The Kier molecular flexibility index (Phi) is 4.78. The van der Waals surface area contributed by atoms with Crippen LogP contribution < -0.4 is 8.35 Å². The van der Waals surface area contributed by atoms with E-state index in [9.17, 15) is 9.59 Å². The predicted octanol–water partition coefficient (Wildman–Crippen LogP) is 5.22. The second kappa shape index (κ2) is 8.12. The number of aromatic nitrogens is 1. The third kappa shape index (κ3) is 3.17. The van der Waals surface area contributed by atoms with E-state index in [-0.39, 0.29) is 35.5 Å². The fourth-order valence-electron chi connectivity index (χ4n) is 6.74. The van der Waals surface area contributed by atoms with Crippen LogP contribution in [0, 0.1) is 11.8 Å². The van der Waals surface area contributed by atoms with Crippen LogP contribution in [-0.4, -0.2) is 46.2 Å². The van der Waals surface area contributed by atoms with E-state index in [2.05, 4.69) is 59.2 Å². The van der Waals surface area contributed by atoms with Crippen molar-refractivity contribution >= 4 is 61.0 Å². The Morgan fingerprint density at radius 3 is 2.38 bits per heavy atom. The molecule has 1 fully saturated rings. The standard InChI is InChI=1S/C32H24NO3Te/c34-31-21-14-13-18(33-25-10-4-1-7-19(25)20-8-2-5-11-26(20)33)15-27(21)36-28-16-24-30(17-23(28)31)37-29-12-6-3-9-22(29)32(24)35/h1-12,16-18,21-22,27H,13-15H2. The summed E-state index contributed by atoms with van der Waals surface area (Å²) in [6.45, 7) is 0. The SMILES string of the molecule is O=C1c2cc3c(cc2[Te]=C2C=CC=CC12)C(=O)C1CCC(n2c4ccccc4c4ccccc42)CC1O3. The summed E-state index contributed by atoms with van der Waals surface area (Å²) in [5, 5.41) is 2.53. The number of benzene rings is 3. The summed E-state index contributed by atoms with van der Waals surface area (Å²) < 4.78 is 11.4. The van der Waals surface area contributed by atoms with Gasteiger partial charge in [0.1, 0.15) is 0 Å². The fraction of sp³-hybridized carbons (Fsp3) is 0.219. The van der Waals surface area contributed by atoms with Crippen LogP contribution in [-0.2, 0) is 0 Å². The number of allylic oxidation sites excluding steroid dienone is 4. The van der Waals surface area contributed by atoms with Gasteiger partial charge in [-0.1, -0.05) is 12.1 Å². The quantitative estimate of drug-likeness (QED) is 0.283. The van der Waals surface area contributed by atoms with Gasteiger partial charge in [-0.2, -0.15) is 0 Å². The van der Waals surface area contributed by atoms with Crippen molar-refractivity contribution in [1.29, 1.82) is 0 Å². The van der Waals surface area contributed by atoms with Crippen LogP contribution in [0.25, 0.3) is 21.8 Å². The van der Waals surface area contributed by atoms with Crippen LogP contribution in [0.4, 0.5) is 0 Å². The van der Waals surface area contributed by atoms with Crippen molar-refractivity contribution in [2.24, 2.45) is 11.8 Å². The molecule has 4 atom stereocenters. The monoisotopic (exact) mass is 600 g/mol. The van der Waals surface area contributed by atoms with Gasteiger partial charge in [-0.3, -0.25) is 0 Å². The number of carbonyl (C=O) groups excluding carboxylic acids is 2. The van der Waals surface area contributed by atoms with Gasteiger partial charge in [-0.15, -0.1) is 0 Å². The Morgan fingerprint density at radius 2 is 1.59 bits per heavy atom. The van der Waals surface area contributed by atoms with Crippen LogP contribution in [0.1, 0.15) is 46.0 Å². The number of fused-ring (bicyclic) bond motifs is 7. The van der Waals surface area contributed by atoms with Crippen molar-refractivity contribution in [3.8, 4) is 5.75 Å². The summed E-state index contributed by atoms with van der Waals surface area (Å²) in [5.74, 6) is 0.676. The molecule has 4 unspecified atom stereocenters. The average molecular weight is 598 g/mol. The Labute approximate surface area is 224 Å². The second-order valence-electron chi connectivity index (χ2n) is 10.4. The molecule has 0 N–H and O–H groups in total. The van der Waals surface area contributed by atoms with E-state index in [1.165, 1.54) is 25.4 Å². The molecule has 2 aliphatic carbocycles. The van der Waals surface area contributed by atoms with E-state index < -0.39 is 20.5 Å². The Hall–Kier alpha value is -3.26. The van der Waals surface area contributed by atoms with Crippen molar-refractivity contribution in [3.05, 3.63) is 96.1 Å². The molecule has 3 aromatic carbocycles. The molecule has 0 amide bonds. The molecular weight excluding hydrogens is 574 g/mol.